The third-order valence-corrected chi connectivity index (χ3v) is 3.97. The fraction of sp³-hybridized carbons (Fsp3) is 0.100. The van der Waals surface area contributed by atoms with Crippen molar-refractivity contribution in [1.82, 2.24) is 14.8 Å². The molecule has 5 heteroatoms. The van der Waals surface area contributed by atoms with Gasteiger partial charge in [0.1, 0.15) is 17.2 Å². The van der Waals surface area contributed by atoms with Crippen molar-refractivity contribution in [2.75, 3.05) is 7.11 Å². The van der Waals surface area contributed by atoms with Gasteiger partial charge in [-0.05, 0) is 25.1 Å². The molecule has 0 fully saturated rings. The van der Waals surface area contributed by atoms with Gasteiger partial charge in [-0.3, -0.25) is 0 Å². The summed E-state index contributed by atoms with van der Waals surface area (Å²) in [5.41, 5.74) is 2.66. The van der Waals surface area contributed by atoms with Crippen LogP contribution in [0.25, 0.3) is 16.6 Å². The van der Waals surface area contributed by atoms with Crippen molar-refractivity contribution >= 4 is 10.9 Å². The Balaban J connectivity index is 1.75. The summed E-state index contributed by atoms with van der Waals surface area (Å²) in [6.07, 6.45) is 3.61. The zero-order valence-electron chi connectivity index (χ0n) is 14.0. The van der Waals surface area contributed by atoms with Crippen LogP contribution in [0.5, 0.6) is 17.2 Å². The van der Waals surface area contributed by atoms with E-state index in [-0.39, 0.29) is 0 Å². The molecule has 0 unspecified atom stereocenters. The summed E-state index contributed by atoms with van der Waals surface area (Å²) in [6, 6.07) is 17.5. The lowest BCUT2D eigenvalue weighted by Gasteiger charge is -2.12. The van der Waals surface area contributed by atoms with Crippen LogP contribution in [0.1, 0.15) is 5.69 Å². The van der Waals surface area contributed by atoms with Crippen LogP contribution in [-0.4, -0.2) is 21.9 Å². The molecule has 4 aromatic rings. The number of aryl methyl sites for hydroxylation is 1. The zero-order valence-corrected chi connectivity index (χ0v) is 14.0. The van der Waals surface area contributed by atoms with Gasteiger partial charge in [0.2, 0.25) is 0 Å². The molecule has 4 rings (SSSR count). The summed E-state index contributed by atoms with van der Waals surface area (Å²) < 4.78 is 13.3. The highest BCUT2D eigenvalue weighted by Gasteiger charge is 2.09. The Morgan fingerprint density at radius 2 is 1.80 bits per heavy atom. The van der Waals surface area contributed by atoms with Crippen LogP contribution in [-0.2, 0) is 0 Å². The molecule has 0 saturated carbocycles. The van der Waals surface area contributed by atoms with Crippen molar-refractivity contribution in [3.05, 3.63) is 72.7 Å². The number of hydrogen-bond donors (Lipinski definition) is 0. The molecule has 0 atom stereocenters. The number of fused-ring (bicyclic) bond motifs is 1. The van der Waals surface area contributed by atoms with Crippen molar-refractivity contribution in [3.8, 4) is 22.9 Å². The molecule has 0 aliphatic heterocycles. The highest BCUT2D eigenvalue weighted by molar-refractivity contribution is 5.80. The predicted molar refractivity (Wildman–Crippen MR) is 96.7 cm³/mol. The van der Waals surface area contributed by atoms with Crippen LogP contribution in [0.4, 0.5) is 0 Å². The first-order valence-electron chi connectivity index (χ1n) is 7.96. The third-order valence-electron chi connectivity index (χ3n) is 3.97. The molecule has 0 aliphatic rings. The first-order chi connectivity index (χ1) is 12.2. The molecule has 2 heterocycles. The van der Waals surface area contributed by atoms with Gasteiger partial charge in [-0.25, -0.2) is 9.67 Å². The van der Waals surface area contributed by atoms with Gasteiger partial charge in [-0.15, -0.1) is 0 Å². The van der Waals surface area contributed by atoms with Gasteiger partial charge < -0.3 is 9.47 Å². The molecule has 0 bridgehead atoms. The molecule has 0 saturated heterocycles. The summed E-state index contributed by atoms with van der Waals surface area (Å²) >= 11 is 0. The lowest BCUT2D eigenvalue weighted by Crippen LogP contribution is -1.97. The monoisotopic (exact) mass is 331 g/mol. The van der Waals surface area contributed by atoms with E-state index in [0.717, 1.165) is 28.0 Å². The molecule has 0 radical (unpaired) electrons. The summed E-state index contributed by atoms with van der Waals surface area (Å²) in [5.74, 6) is 2.10. The second-order valence-electron chi connectivity index (χ2n) is 5.68. The summed E-state index contributed by atoms with van der Waals surface area (Å²) in [6.45, 7) is 1.94. The van der Waals surface area contributed by atoms with Gasteiger partial charge in [0.15, 0.2) is 0 Å². The Bertz CT molecular complexity index is 1030. The molecule has 0 spiro atoms. The highest BCUT2D eigenvalue weighted by Crippen LogP contribution is 2.31. The van der Waals surface area contributed by atoms with Crippen molar-refractivity contribution in [3.63, 3.8) is 0 Å². The fourth-order valence-corrected chi connectivity index (χ4v) is 2.71. The van der Waals surface area contributed by atoms with E-state index in [1.165, 1.54) is 0 Å². The lowest BCUT2D eigenvalue weighted by molar-refractivity contribution is 0.408. The first kappa shape index (κ1) is 15.2. The topological polar surface area (TPSA) is 49.2 Å². The van der Waals surface area contributed by atoms with Crippen LogP contribution < -0.4 is 9.47 Å². The van der Waals surface area contributed by atoms with Gasteiger partial charge in [-0.2, -0.15) is 5.10 Å². The van der Waals surface area contributed by atoms with Crippen molar-refractivity contribution < 1.29 is 9.47 Å². The summed E-state index contributed by atoms with van der Waals surface area (Å²) in [5, 5.41) is 5.30. The molecular weight excluding hydrogens is 314 g/mol. The average molecular weight is 331 g/mol. The second-order valence-corrected chi connectivity index (χ2v) is 5.68. The number of ether oxygens (including phenoxy) is 2. The van der Waals surface area contributed by atoms with Crippen molar-refractivity contribution in [2.24, 2.45) is 0 Å². The maximum absolute atomic E-state index is 6.11. The summed E-state index contributed by atoms with van der Waals surface area (Å²) in [4.78, 5) is 4.61. The fourth-order valence-electron chi connectivity index (χ4n) is 2.71. The smallest absolute Gasteiger partial charge is 0.149 e. The van der Waals surface area contributed by atoms with Gasteiger partial charge in [-0.1, -0.05) is 18.2 Å². The van der Waals surface area contributed by atoms with E-state index in [9.17, 15) is 0 Å². The molecule has 2 aromatic heterocycles. The largest absolute Gasteiger partial charge is 0.497 e. The average Bonchev–Trinajstić information content (AvgIpc) is 3.17. The van der Waals surface area contributed by atoms with Crippen LogP contribution >= 0.6 is 0 Å². The molecule has 124 valence electrons. The minimum atomic E-state index is 0.671. The maximum atomic E-state index is 6.11. The molecule has 0 aliphatic carbocycles. The van der Waals surface area contributed by atoms with Gasteiger partial charge >= 0.3 is 0 Å². The van der Waals surface area contributed by atoms with Crippen LogP contribution in [0, 0.1) is 6.92 Å². The van der Waals surface area contributed by atoms with E-state index in [4.69, 9.17) is 9.47 Å². The predicted octanol–water partition coefficient (Wildman–Crippen LogP) is 4.53. The molecule has 0 amide bonds. The number of methoxy groups -OCH3 is 1. The SMILES string of the molecule is COc1cc(Oc2cc3ccccc3nc2C)cc(-n2cccn2)c1. The maximum Gasteiger partial charge on any atom is 0.149 e. The van der Waals surface area contributed by atoms with E-state index in [1.54, 1.807) is 18.0 Å². The lowest BCUT2D eigenvalue weighted by atomic mass is 10.2. The molecular formula is C20H17N3O2. The van der Waals surface area contributed by atoms with E-state index in [0.29, 0.717) is 11.5 Å². The summed E-state index contributed by atoms with van der Waals surface area (Å²) in [7, 11) is 1.63. The molecule has 25 heavy (non-hydrogen) atoms. The first-order valence-corrected chi connectivity index (χ1v) is 7.96. The van der Waals surface area contributed by atoms with Crippen molar-refractivity contribution in [2.45, 2.75) is 6.92 Å². The number of para-hydroxylation sites is 1. The van der Waals surface area contributed by atoms with E-state index in [2.05, 4.69) is 10.1 Å². The number of nitrogens with zero attached hydrogens (tertiary/aromatic N) is 3. The highest BCUT2D eigenvalue weighted by atomic mass is 16.5. The Hall–Kier alpha value is -3.34. The minimum Gasteiger partial charge on any atom is -0.497 e. The Labute approximate surface area is 145 Å². The van der Waals surface area contributed by atoms with Crippen LogP contribution in [0.15, 0.2) is 67.0 Å². The Morgan fingerprint density at radius 1 is 0.960 bits per heavy atom. The standard InChI is InChI=1S/C20H17N3O2/c1-14-20(10-15-6-3-4-7-19(15)22-14)25-18-12-16(11-17(13-18)24-2)23-9-5-8-21-23/h3-13H,1-2H3. The van der Waals surface area contributed by atoms with Crippen LogP contribution in [0.2, 0.25) is 0 Å². The number of aromatic nitrogens is 3. The van der Waals surface area contributed by atoms with Crippen LogP contribution in [0.3, 0.4) is 0 Å². The number of pyridine rings is 1. The number of hydrogen-bond acceptors (Lipinski definition) is 4. The second kappa shape index (κ2) is 6.28. The van der Waals surface area contributed by atoms with E-state index in [1.807, 2.05) is 67.7 Å². The van der Waals surface area contributed by atoms with Gasteiger partial charge in [0.25, 0.3) is 0 Å². The van der Waals surface area contributed by atoms with Gasteiger partial charge in [0, 0.05) is 36.0 Å². The molecule has 2 aromatic carbocycles. The third kappa shape index (κ3) is 3.04. The number of rotatable bonds is 4. The zero-order chi connectivity index (χ0) is 17.2. The minimum absolute atomic E-state index is 0.671. The van der Waals surface area contributed by atoms with E-state index < -0.39 is 0 Å². The molecule has 0 N–H and O–H groups in total. The Kier molecular flexibility index (Phi) is 3.82. The Morgan fingerprint density at radius 3 is 2.60 bits per heavy atom. The van der Waals surface area contributed by atoms with Gasteiger partial charge in [0.05, 0.1) is 24.0 Å². The number of benzene rings is 2. The molecule has 5 nitrogen and oxygen atoms in total. The van der Waals surface area contributed by atoms with Crippen molar-refractivity contribution in [1.29, 1.82) is 0 Å². The quantitative estimate of drug-likeness (QED) is 0.551. The normalized spacial score (nSPS) is 10.8. The van der Waals surface area contributed by atoms with E-state index >= 15 is 0 Å².